The van der Waals surface area contributed by atoms with Gasteiger partial charge in [-0.25, -0.2) is 0 Å². The van der Waals surface area contributed by atoms with Crippen LogP contribution < -0.4 is 0 Å². The van der Waals surface area contributed by atoms with Gasteiger partial charge in [-0.15, -0.1) is 11.3 Å². The number of benzene rings is 8. The summed E-state index contributed by atoms with van der Waals surface area (Å²) in [6, 6.07) is 65.5. The first-order valence-electron chi connectivity index (χ1n) is 17.8. The molecule has 0 N–H and O–H groups in total. The van der Waals surface area contributed by atoms with E-state index in [2.05, 4.69) is 167 Å². The molecule has 11 aromatic rings. The lowest BCUT2D eigenvalue weighted by Gasteiger charge is -2.11. The van der Waals surface area contributed by atoms with Gasteiger partial charge in [-0.2, -0.15) is 5.26 Å². The maximum atomic E-state index is 9.21. The molecule has 0 unspecified atom stereocenters. The van der Waals surface area contributed by atoms with Crippen LogP contribution in [0.5, 0.6) is 0 Å². The molecule has 0 aliphatic rings. The van der Waals surface area contributed by atoms with E-state index < -0.39 is 0 Å². The molecular formula is C49H29N3S. The fourth-order valence-corrected chi connectivity index (χ4v) is 9.50. The normalized spacial score (nSPS) is 11.8. The van der Waals surface area contributed by atoms with Crippen LogP contribution in [0, 0.1) is 11.3 Å². The van der Waals surface area contributed by atoms with Crippen molar-refractivity contribution in [2.45, 2.75) is 0 Å². The summed E-state index contributed by atoms with van der Waals surface area (Å²) in [5.74, 6) is 0. The third-order valence-corrected chi connectivity index (χ3v) is 12.0. The number of nitrogens with zero attached hydrogens (tertiary/aromatic N) is 3. The summed E-state index contributed by atoms with van der Waals surface area (Å²) in [7, 11) is 0. The Morgan fingerprint density at radius 1 is 0.396 bits per heavy atom. The van der Waals surface area contributed by atoms with Crippen LogP contribution in [0.25, 0.3) is 97.4 Å². The van der Waals surface area contributed by atoms with Crippen molar-refractivity contribution in [1.82, 2.24) is 9.13 Å². The summed E-state index contributed by atoms with van der Waals surface area (Å²) in [4.78, 5) is 0. The predicted molar refractivity (Wildman–Crippen MR) is 224 cm³/mol. The molecule has 3 nitrogen and oxygen atoms in total. The Morgan fingerprint density at radius 2 is 0.906 bits per heavy atom. The molecule has 4 heteroatoms. The minimum atomic E-state index is 0.669. The first-order chi connectivity index (χ1) is 26.2. The van der Waals surface area contributed by atoms with E-state index in [1.54, 1.807) is 0 Å². The van der Waals surface area contributed by atoms with Crippen LogP contribution in [0.15, 0.2) is 176 Å². The number of hydrogen-bond donors (Lipinski definition) is 0. The van der Waals surface area contributed by atoms with Crippen LogP contribution in [-0.2, 0) is 0 Å². The molecule has 0 spiro atoms. The van der Waals surface area contributed by atoms with E-state index in [-0.39, 0.29) is 0 Å². The molecule has 0 aliphatic carbocycles. The average Bonchev–Trinajstić information content (AvgIpc) is 3.88. The predicted octanol–water partition coefficient (Wildman–Crippen LogP) is 13.5. The quantitative estimate of drug-likeness (QED) is 0.181. The number of thiophene rings is 1. The Kier molecular flexibility index (Phi) is 6.48. The molecule has 0 atom stereocenters. The molecule has 3 heterocycles. The van der Waals surface area contributed by atoms with Gasteiger partial charge in [-0.3, -0.25) is 0 Å². The largest absolute Gasteiger partial charge is 0.309 e. The molecule has 246 valence electrons. The van der Waals surface area contributed by atoms with Crippen molar-refractivity contribution < 1.29 is 0 Å². The second-order valence-corrected chi connectivity index (χ2v) is 14.7. The lowest BCUT2D eigenvalue weighted by atomic mass is 10.0. The van der Waals surface area contributed by atoms with Crippen molar-refractivity contribution in [3.63, 3.8) is 0 Å². The van der Waals surface area contributed by atoms with Gasteiger partial charge in [0, 0.05) is 42.7 Å². The van der Waals surface area contributed by atoms with Crippen molar-refractivity contribution in [2.75, 3.05) is 0 Å². The molecule has 8 aromatic carbocycles. The highest BCUT2D eigenvalue weighted by atomic mass is 32.1. The van der Waals surface area contributed by atoms with Crippen molar-refractivity contribution in [2.24, 2.45) is 0 Å². The fraction of sp³-hybridized carbons (Fsp3) is 0. The van der Waals surface area contributed by atoms with E-state index in [1.165, 1.54) is 80.6 Å². The number of nitriles is 1. The fourth-order valence-electron chi connectivity index (χ4n) is 8.29. The first kappa shape index (κ1) is 29.8. The number of hydrogen-bond acceptors (Lipinski definition) is 2. The molecule has 0 fully saturated rings. The van der Waals surface area contributed by atoms with Crippen LogP contribution in [0.4, 0.5) is 0 Å². The van der Waals surface area contributed by atoms with Gasteiger partial charge in [-0.1, -0.05) is 103 Å². The van der Waals surface area contributed by atoms with E-state index in [0.29, 0.717) is 5.56 Å². The Hall–Kier alpha value is -6.93. The minimum absolute atomic E-state index is 0.669. The number of para-hydroxylation sites is 2. The van der Waals surface area contributed by atoms with Gasteiger partial charge in [-0.05, 0) is 95.1 Å². The molecule has 0 bridgehead atoms. The maximum Gasteiger partial charge on any atom is 0.0991 e. The Labute approximate surface area is 309 Å². The first-order valence-corrected chi connectivity index (χ1v) is 18.6. The second kappa shape index (κ2) is 11.5. The van der Waals surface area contributed by atoms with Crippen molar-refractivity contribution in [1.29, 1.82) is 5.26 Å². The summed E-state index contributed by atoms with van der Waals surface area (Å²) >= 11 is 1.87. The summed E-state index contributed by atoms with van der Waals surface area (Å²) in [5.41, 5.74) is 12.4. The average molecular weight is 692 g/mol. The molecule has 0 radical (unpaired) electrons. The highest BCUT2D eigenvalue weighted by Crippen LogP contribution is 2.42. The van der Waals surface area contributed by atoms with E-state index in [9.17, 15) is 5.26 Å². The zero-order valence-corrected chi connectivity index (χ0v) is 29.3. The van der Waals surface area contributed by atoms with E-state index >= 15 is 0 Å². The van der Waals surface area contributed by atoms with Gasteiger partial charge in [0.2, 0.25) is 0 Å². The Bertz CT molecular complexity index is 3280. The highest BCUT2D eigenvalue weighted by Gasteiger charge is 2.18. The summed E-state index contributed by atoms with van der Waals surface area (Å²) in [6.07, 6.45) is 0. The standard InChI is InChI=1S/C49H29N3S/c50-30-31-16-18-32(19-17-31)33-20-24-36(25-21-33)51-43-12-4-1-8-37(43)41-28-34(22-26-45(41)51)35-23-27-46-42(29-35)38-9-2-5-13-44(38)52(46)47-14-7-11-40-39-10-3-6-15-48(39)53-49(40)47/h1-29H. The van der Waals surface area contributed by atoms with Gasteiger partial charge in [0.1, 0.15) is 0 Å². The lowest BCUT2D eigenvalue weighted by molar-refractivity contribution is 1.18. The molecular weight excluding hydrogens is 663 g/mol. The molecule has 3 aromatic heterocycles. The highest BCUT2D eigenvalue weighted by molar-refractivity contribution is 7.26. The van der Waals surface area contributed by atoms with Crippen molar-refractivity contribution in [3.05, 3.63) is 181 Å². The van der Waals surface area contributed by atoms with Crippen LogP contribution in [0.3, 0.4) is 0 Å². The van der Waals surface area contributed by atoms with Gasteiger partial charge in [0.15, 0.2) is 0 Å². The van der Waals surface area contributed by atoms with Gasteiger partial charge in [0.25, 0.3) is 0 Å². The van der Waals surface area contributed by atoms with Crippen molar-refractivity contribution in [3.8, 4) is 39.7 Å². The van der Waals surface area contributed by atoms with Crippen LogP contribution in [-0.4, -0.2) is 9.13 Å². The Morgan fingerprint density at radius 3 is 1.57 bits per heavy atom. The molecule has 0 saturated carbocycles. The van der Waals surface area contributed by atoms with E-state index in [4.69, 9.17) is 0 Å². The van der Waals surface area contributed by atoms with E-state index in [1.807, 2.05) is 35.6 Å². The van der Waals surface area contributed by atoms with Gasteiger partial charge in [0.05, 0.1) is 44.1 Å². The molecule has 0 saturated heterocycles. The Balaban J connectivity index is 1.05. The number of fused-ring (bicyclic) bond motifs is 9. The van der Waals surface area contributed by atoms with Crippen molar-refractivity contribution >= 4 is 75.1 Å². The minimum Gasteiger partial charge on any atom is -0.309 e. The summed E-state index contributed by atoms with van der Waals surface area (Å²) in [5, 5.41) is 16.8. The monoisotopic (exact) mass is 691 g/mol. The molecule has 0 amide bonds. The summed E-state index contributed by atoms with van der Waals surface area (Å²) in [6.45, 7) is 0. The zero-order valence-electron chi connectivity index (χ0n) is 28.5. The van der Waals surface area contributed by atoms with Gasteiger partial charge >= 0.3 is 0 Å². The molecule has 11 rings (SSSR count). The topological polar surface area (TPSA) is 33.6 Å². The lowest BCUT2D eigenvalue weighted by Crippen LogP contribution is -1.94. The number of aromatic nitrogens is 2. The third kappa shape index (κ3) is 4.52. The second-order valence-electron chi connectivity index (χ2n) is 13.7. The summed E-state index contributed by atoms with van der Waals surface area (Å²) < 4.78 is 7.44. The van der Waals surface area contributed by atoms with Gasteiger partial charge < -0.3 is 9.13 Å². The van der Waals surface area contributed by atoms with E-state index in [0.717, 1.165) is 16.8 Å². The third-order valence-electron chi connectivity index (χ3n) is 10.8. The maximum absolute atomic E-state index is 9.21. The van der Waals surface area contributed by atoms with Crippen LogP contribution in [0.2, 0.25) is 0 Å². The number of rotatable bonds is 4. The zero-order chi connectivity index (χ0) is 35.0. The molecule has 0 aliphatic heterocycles. The van der Waals surface area contributed by atoms with Crippen LogP contribution in [0.1, 0.15) is 5.56 Å². The smallest absolute Gasteiger partial charge is 0.0991 e. The SMILES string of the molecule is N#Cc1ccc(-c2ccc(-n3c4ccccc4c4cc(-c5ccc6c(c5)c5ccccc5n6-c5cccc6c5sc5ccccc56)ccc43)cc2)cc1. The van der Waals surface area contributed by atoms with Crippen LogP contribution >= 0.6 is 11.3 Å². The molecule has 53 heavy (non-hydrogen) atoms.